The maximum atomic E-state index is 13.3. The monoisotopic (exact) mass is 687 g/mol. The lowest BCUT2D eigenvalue weighted by Crippen LogP contribution is -2.35. The van der Waals surface area contributed by atoms with Gasteiger partial charge in [0.15, 0.2) is 23.9 Å². The summed E-state index contributed by atoms with van der Waals surface area (Å²) in [5.74, 6) is -1.31. The molecule has 0 bridgehead atoms. The Bertz CT molecular complexity index is 1600. The van der Waals surface area contributed by atoms with Crippen molar-refractivity contribution in [1.82, 2.24) is 4.31 Å². The van der Waals surface area contributed by atoms with Gasteiger partial charge < -0.3 is 18.9 Å². The zero-order valence-corrected chi connectivity index (χ0v) is 26.6. The molecule has 1 atom stereocenters. The van der Waals surface area contributed by atoms with Crippen LogP contribution >= 0.6 is 23.2 Å². The first-order chi connectivity index (χ1) is 21.3. The fraction of sp³-hybridized carbons (Fsp3) is 0.367. The van der Waals surface area contributed by atoms with Crippen LogP contribution in [0.25, 0.3) is 0 Å². The van der Waals surface area contributed by atoms with Gasteiger partial charge in [0.05, 0.1) is 25.5 Å². The SMILES string of the molecule is COC(=O)c1ccc(CN(CC(=O)O[C@@H](Cc2c(Cl)c[nH+]cc2Cl)c2ccc(OC(F)F)c(OCC3CC3)c2)S(C)(=O)=O)cc1. The first-order valence-corrected chi connectivity index (χ1v) is 16.3. The molecule has 15 heteroatoms. The van der Waals surface area contributed by atoms with Crippen LogP contribution < -0.4 is 14.5 Å². The minimum atomic E-state index is -3.91. The van der Waals surface area contributed by atoms with Crippen molar-refractivity contribution in [3.05, 3.63) is 87.2 Å². The first kappa shape index (κ1) is 34.4. The lowest BCUT2D eigenvalue weighted by atomic mass is 10.0. The van der Waals surface area contributed by atoms with Gasteiger partial charge in [-0.05, 0) is 54.2 Å². The van der Waals surface area contributed by atoms with Gasteiger partial charge in [0.25, 0.3) is 0 Å². The average molecular weight is 689 g/mol. The molecule has 0 unspecified atom stereocenters. The van der Waals surface area contributed by atoms with Gasteiger partial charge in [-0.1, -0.05) is 41.4 Å². The molecule has 1 aromatic heterocycles. The predicted molar refractivity (Wildman–Crippen MR) is 160 cm³/mol. The number of carbonyl (C=O) groups excluding carboxylic acids is 2. The molecular formula is C30H31Cl2F2N2O8S+. The molecule has 242 valence electrons. The smallest absolute Gasteiger partial charge is 0.387 e. The number of nitrogens with zero attached hydrogens (tertiary/aromatic N) is 1. The molecule has 1 heterocycles. The first-order valence-electron chi connectivity index (χ1n) is 13.7. The molecule has 45 heavy (non-hydrogen) atoms. The van der Waals surface area contributed by atoms with Crippen molar-refractivity contribution in [2.75, 3.05) is 26.5 Å². The van der Waals surface area contributed by atoms with Crippen molar-refractivity contribution in [1.29, 1.82) is 0 Å². The average Bonchev–Trinajstić information content (AvgIpc) is 3.81. The number of aromatic amines is 1. The molecule has 2 aromatic carbocycles. The van der Waals surface area contributed by atoms with Crippen LogP contribution in [0.1, 0.15) is 46.0 Å². The maximum absolute atomic E-state index is 13.3. The van der Waals surface area contributed by atoms with E-state index in [0.717, 1.165) is 23.4 Å². The Hall–Kier alpha value is -3.52. The molecule has 1 saturated carbocycles. The van der Waals surface area contributed by atoms with Gasteiger partial charge in [-0.25, -0.2) is 18.2 Å². The summed E-state index contributed by atoms with van der Waals surface area (Å²) in [7, 11) is -2.67. The van der Waals surface area contributed by atoms with E-state index in [4.69, 9.17) is 32.7 Å². The summed E-state index contributed by atoms with van der Waals surface area (Å²) in [5.41, 5.74) is 1.55. The van der Waals surface area contributed by atoms with Gasteiger partial charge in [0.1, 0.15) is 22.7 Å². The number of carbonyl (C=O) groups is 2. The highest BCUT2D eigenvalue weighted by Gasteiger charge is 2.28. The third kappa shape index (κ3) is 9.98. The van der Waals surface area contributed by atoms with Crippen LogP contribution in [0.3, 0.4) is 0 Å². The predicted octanol–water partition coefficient (Wildman–Crippen LogP) is 5.27. The van der Waals surface area contributed by atoms with Gasteiger partial charge in [-0.3, -0.25) is 4.79 Å². The number of rotatable bonds is 15. The number of hydrogen-bond donors (Lipinski definition) is 0. The second kappa shape index (κ2) is 15.2. The van der Waals surface area contributed by atoms with Crippen molar-refractivity contribution < 1.29 is 50.7 Å². The highest BCUT2D eigenvalue weighted by molar-refractivity contribution is 7.88. The van der Waals surface area contributed by atoms with Crippen molar-refractivity contribution >= 4 is 45.2 Å². The zero-order valence-electron chi connectivity index (χ0n) is 24.3. The molecule has 1 aliphatic rings. The van der Waals surface area contributed by atoms with E-state index >= 15 is 0 Å². The Morgan fingerprint density at radius 1 is 1.04 bits per heavy atom. The molecular weight excluding hydrogens is 657 g/mol. The Morgan fingerprint density at radius 2 is 1.71 bits per heavy atom. The Kier molecular flexibility index (Phi) is 11.6. The highest BCUT2D eigenvalue weighted by atomic mass is 35.5. The number of ether oxygens (including phenoxy) is 4. The zero-order chi connectivity index (χ0) is 32.7. The number of halogens is 4. The molecule has 0 aliphatic heterocycles. The van der Waals surface area contributed by atoms with Crippen molar-refractivity contribution in [3.8, 4) is 11.5 Å². The van der Waals surface area contributed by atoms with E-state index < -0.39 is 41.2 Å². The summed E-state index contributed by atoms with van der Waals surface area (Å²) in [6.45, 7) is -3.64. The van der Waals surface area contributed by atoms with Crippen LogP contribution in [0, 0.1) is 5.92 Å². The van der Waals surface area contributed by atoms with Gasteiger partial charge in [-0.15, -0.1) is 0 Å². The van der Waals surface area contributed by atoms with E-state index in [0.29, 0.717) is 29.2 Å². The minimum absolute atomic E-state index is 0.0347. The molecule has 10 nitrogen and oxygen atoms in total. The van der Waals surface area contributed by atoms with Gasteiger partial charge in [0, 0.05) is 18.5 Å². The number of alkyl halides is 2. The van der Waals surface area contributed by atoms with Crippen LogP contribution in [-0.4, -0.2) is 57.8 Å². The summed E-state index contributed by atoms with van der Waals surface area (Å²) >= 11 is 12.8. The normalized spacial score (nSPS) is 13.9. The molecule has 1 N–H and O–H groups in total. The van der Waals surface area contributed by atoms with E-state index in [2.05, 4.69) is 14.5 Å². The second-order valence-electron chi connectivity index (χ2n) is 10.4. The summed E-state index contributed by atoms with van der Waals surface area (Å²) in [4.78, 5) is 27.9. The molecule has 3 aromatic rings. The number of H-pyrrole nitrogens is 1. The molecule has 0 spiro atoms. The molecule has 4 rings (SSSR count). The van der Waals surface area contributed by atoms with Crippen LogP contribution in [0.4, 0.5) is 8.78 Å². The standard InChI is InChI=1S/C30H30Cl2F2N2O8S/c1-41-29(38)20-7-5-18(6-8-20)15-36(45(2,39)40)16-28(37)43-26(12-22-23(31)13-35-14-24(22)32)21-9-10-25(44-30(33)34)27(11-21)42-17-19-3-4-19/h5-11,13-14,19,26,30H,3-4,12,15-17H2,1-2H3/p+1/t26-/m0/s1. The van der Waals surface area contributed by atoms with E-state index in [1.807, 2.05) is 0 Å². The van der Waals surface area contributed by atoms with E-state index in [9.17, 15) is 26.8 Å². The Balaban J connectivity index is 1.60. The van der Waals surface area contributed by atoms with Crippen molar-refractivity contribution in [3.63, 3.8) is 0 Å². The van der Waals surface area contributed by atoms with Crippen molar-refractivity contribution in [2.24, 2.45) is 5.92 Å². The summed E-state index contributed by atoms with van der Waals surface area (Å²) in [6.07, 6.45) is 4.72. The van der Waals surface area contributed by atoms with Crippen LogP contribution in [0.2, 0.25) is 10.0 Å². The number of hydrogen-bond acceptors (Lipinski definition) is 8. The largest absolute Gasteiger partial charge is 0.489 e. The molecule has 0 amide bonds. The van der Waals surface area contributed by atoms with Crippen LogP contribution in [0.15, 0.2) is 54.9 Å². The number of sulfonamides is 1. The van der Waals surface area contributed by atoms with E-state index in [1.54, 1.807) is 12.1 Å². The quantitative estimate of drug-likeness (QED) is 0.198. The number of nitrogens with one attached hydrogen (secondary N) is 1. The lowest BCUT2D eigenvalue weighted by molar-refractivity contribution is -0.377. The highest BCUT2D eigenvalue weighted by Crippen LogP contribution is 2.37. The summed E-state index contributed by atoms with van der Waals surface area (Å²) in [6, 6.07) is 10.2. The van der Waals surface area contributed by atoms with Crippen LogP contribution in [-0.2, 0) is 37.3 Å². The Morgan fingerprint density at radius 3 is 2.29 bits per heavy atom. The number of pyridine rings is 1. The fourth-order valence-corrected chi connectivity index (χ4v) is 5.56. The third-order valence-corrected chi connectivity index (χ3v) is 8.77. The molecule has 0 radical (unpaired) electrons. The molecule has 1 fully saturated rings. The van der Waals surface area contributed by atoms with Gasteiger partial charge in [0.2, 0.25) is 10.0 Å². The number of methoxy groups -OCH3 is 1. The topological polar surface area (TPSA) is 123 Å². The number of esters is 2. The Labute approximate surface area is 269 Å². The van der Waals surface area contributed by atoms with Gasteiger partial charge in [-0.2, -0.15) is 13.1 Å². The summed E-state index contributed by atoms with van der Waals surface area (Å²) < 4.78 is 73.3. The summed E-state index contributed by atoms with van der Waals surface area (Å²) in [5, 5.41) is 0.499. The fourth-order valence-electron chi connectivity index (χ4n) is 4.31. The molecule has 1 aliphatic carbocycles. The second-order valence-corrected chi connectivity index (χ2v) is 13.2. The van der Waals surface area contributed by atoms with Crippen LogP contribution in [0.5, 0.6) is 11.5 Å². The lowest BCUT2D eigenvalue weighted by Gasteiger charge is -2.24. The van der Waals surface area contributed by atoms with Crippen molar-refractivity contribution in [2.45, 2.75) is 38.5 Å². The number of benzene rings is 2. The van der Waals surface area contributed by atoms with E-state index in [-0.39, 0.29) is 40.1 Å². The number of aromatic nitrogens is 1. The molecule has 0 saturated heterocycles. The maximum Gasteiger partial charge on any atom is 0.387 e. The van der Waals surface area contributed by atoms with Gasteiger partial charge >= 0.3 is 18.6 Å². The van der Waals surface area contributed by atoms with E-state index in [1.165, 1.54) is 49.8 Å². The minimum Gasteiger partial charge on any atom is -0.489 e. The third-order valence-electron chi connectivity index (χ3n) is 6.90.